The summed E-state index contributed by atoms with van der Waals surface area (Å²) < 4.78 is 18.4. The smallest absolute Gasteiger partial charge is 0.252 e. The average Bonchev–Trinajstić information content (AvgIpc) is 3.68. The van der Waals surface area contributed by atoms with Crippen LogP contribution in [0.25, 0.3) is 10.9 Å². The minimum atomic E-state index is -0.111. The lowest BCUT2D eigenvalue weighted by Crippen LogP contribution is -2.37. The number of pyridine rings is 1. The summed E-state index contributed by atoms with van der Waals surface area (Å²) in [4.78, 5) is 18.8. The van der Waals surface area contributed by atoms with Crippen molar-refractivity contribution in [1.82, 2.24) is 30.1 Å². The van der Waals surface area contributed by atoms with Gasteiger partial charge in [0.25, 0.3) is 5.56 Å². The van der Waals surface area contributed by atoms with Gasteiger partial charge in [0.1, 0.15) is 5.75 Å². The summed E-state index contributed by atoms with van der Waals surface area (Å²) in [7, 11) is 4.90. The highest BCUT2D eigenvalue weighted by molar-refractivity contribution is 5.80. The lowest BCUT2D eigenvalue weighted by atomic mass is 9.99. The van der Waals surface area contributed by atoms with Gasteiger partial charge in [-0.3, -0.25) is 9.69 Å². The Morgan fingerprint density at radius 1 is 1.00 bits per heavy atom. The molecule has 0 spiro atoms. The Hall–Kier alpha value is -3.92. The average molecular weight is 561 g/mol. The molecule has 1 atom stereocenters. The van der Waals surface area contributed by atoms with Crippen molar-refractivity contribution in [2.75, 3.05) is 27.9 Å². The van der Waals surface area contributed by atoms with Crippen LogP contribution in [0.5, 0.6) is 17.2 Å². The first-order valence-corrected chi connectivity index (χ1v) is 14.3. The van der Waals surface area contributed by atoms with Crippen LogP contribution in [0.15, 0.2) is 47.3 Å². The number of benzene rings is 2. The maximum absolute atomic E-state index is 13.4. The largest absolute Gasteiger partial charge is 0.497 e. The van der Waals surface area contributed by atoms with Crippen molar-refractivity contribution in [2.24, 2.45) is 5.92 Å². The number of nitrogens with one attached hydrogen (secondary N) is 1. The Morgan fingerprint density at radius 2 is 1.78 bits per heavy atom. The van der Waals surface area contributed by atoms with Crippen LogP contribution in [-0.2, 0) is 13.0 Å². The van der Waals surface area contributed by atoms with Gasteiger partial charge >= 0.3 is 0 Å². The van der Waals surface area contributed by atoms with Gasteiger partial charge in [0.2, 0.25) is 0 Å². The Bertz CT molecular complexity index is 1520. The van der Waals surface area contributed by atoms with Crippen molar-refractivity contribution in [3.63, 3.8) is 0 Å². The SMILES string of the molecule is COc1ccc2cc(CN(CCc3ccc(OC)c(OC)c3)[C@H](c3nnnn3C3CCCC3)C(C)C)c(=O)[nH]c2c1. The van der Waals surface area contributed by atoms with Crippen LogP contribution in [0, 0.1) is 5.92 Å². The molecule has 41 heavy (non-hydrogen) atoms. The lowest BCUT2D eigenvalue weighted by molar-refractivity contribution is 0.133. The van der Waals surface area contributed by atoms with Crippen LogP contribution in [0.2, 0.25) is 0 Å². The summed E-state index contributed by atoms with van der Waals surface area (Å²) >= 11 is 0. The molecule has 0 amide bonds. The molecule has 5 rings (SSSR count). The van der Waals surface area contributed by atoms with Crippen molar-refractivity contribution >= 4 is 10.9 Å². The number of rotatable bonds is 12. The first-order chi connectivity index (χ1) is 19.9. The van der Waals surface area contributed by atoms with Gasteiger partial charge in [0.05, 0.1) is 38.9 Å². The summed E-state index contributed by atoms with van der Waals surface area (Å²) in [5.41, 5.74) is 2.45. The molecule has 2 aromatic heterocycles. The van der Waals surface area contributed by atoms with Crippen LogP contribution in [0.3, 0.4) is 0 Å². The van der Waals surface area contributed by atoms with E-state index in [0.29, 0.717) is 41.9 Å². The molecule has 10 heteroatoms. The first kappa shape index (κ1) is 28.6. The molecule has 1 fully saturated rings. The van der Waals surface area contributed by atoms with Crippen LogP contribution in [0.1, 0.15) is 68.6 Å². The van der Waals surface area contributed by atoms with E-state index in [1.165, 1.54) is 12.8 Å². The van der Waals surface area contributed by atoms with Gasteiger partial charge in [-0.2, -0.15) is 0 Å². The quantitative estimate of drug-likeness (QED) is 0.255. The predicted octanol–water partition coefficient (Wildman–Crippen LogP) is 5.10. The topological polar surface area (TPSA) is 107 Å². The fraction of sp³-hybridized carbons (Fsp3) is 0.484. The normalized spacial score (nSPS) is 14.7. The Kier molecular flexibility index (Phi) is 8.87. The third-order valence-corrected chi connectivity index (χ3v) is 8.12. The van der Waals surface area contributed by atoms with Crippen molar-refractivity contribution < 1.29 is 14.2 Å². The number of H-pyrrole nitrogens is 1. The zero-order valence-electron chi connectivity index (χ0n) is 24.6. The van der Waals surface area contributed by atoms with Crippen molar-refractivity contribution in [3.05, 3.63) is 69.8 Å². The Labute approximate surface area is 240 Å². The van der Waals surface area contributed by atoms with E-state index in [1.54, 1.807) is 21.3 Å². The Morgan fingerprint density at radius 3 is 2.49 bits per heavy atom. The monoisotopic (exact) mass is 560 g/mol. The highest BCUT2D eigenvalue weighted by Crippen LogP contribution is 2.35. The summed E-state index contributed by atoms with van der Waals surface area (Å²) in [6, 6.07) is 13.9. The molecule has 2 aromatic carbocycles. The first-order valence-electron chi connectivity index (χ1n) is 14.3. The standard InChI is InChI=1S/C31H40N6O4/c1-20(2)29(30-33-34-35-37(30)24-8-6-7-9-24)36(15-14-21-10-13-27(40-4)28(16-21)41-5)19-23-17-22-11-12-25(39-3)18-26(22)32-31(23)38/h10-13,16-18,20,24,29H,6-9,14-15,19H2,1-5H3,(H,32,38)/t29-/m0/s1. The molecule has 0 bridgehead atoms. The fourth-order valence-electron chi connectivity index (χ4n) is 6.00. The van der Waals surface area contributed by atoms with Crippen molar-refractivity contribution in [1.29, 1.82) is 0 Å². The number of fused-ring (bicyclic) bond motifs is 1. The van der Waals surface area contributed by atoms with E-state index in [2.05, 4.69) is 45.3 Å². The molecule has 218 valence electrons. The third-order valence-electron chi connectivity index (χ3n) is 8.12. The number of ether oxygens (including phenoxy) is 3. The number of tetrazole rings is 1. The third kappa shape index (κ3) is 6.22. The van der Waals surface area contributed by atoms with Crippen LogP contribution in [-0.4, -0.2) is 58.0 Å². The summed E-state index contributed by atoms with van der Waals surface area (Å²) in [5.74, 6) is 3.17. The fourth-order valence-corrected chi connectivity index (χ4v) is 6.00. The zero-order chi connectivity index (χ0) is 28.9. The Balaban J connectivity index is 1.51. The molecule has 1 aliphatic rings. The van der Waals surface area contributed by atoms with Gasteiger partial charge in [-0.05, 0) is 76.9 Å². The molecule has 1 N–H and O–H groups in total. The van der Waals surface area contributed by atoms with E-state index in [9.17, 15) is 4.79 Å². The molecule has 0 saturated heterocycles. The van der Waals surface area contributed by atoms with Crippen LogP contribution >= 0.6 is 0 Å². The highest BCUT2D eigenvalue weighted by atomic mass is 16.5. The molecule has 1 aliphatic carbocycles. The molecular weight excluding hydrogens is 520 g/mol. The van der Waals surface area contributed by atoms with E-state index < -0.39 is 0 Å². The molecule has 0 aliphatic heterocycles. The number of aromatic nitrogens is 5. The second-order valence-corrected chi connectivity index (χ2v) is 11.1. The number of methoxy groups -OCH3 is 3. The number of aromatic amines is 1. The van der Waals surface area contributed by atoms with E-state index in [4.69, 9.17) is 14.2 Å². The maximum atomic E-state index is 13.4. The minimum absolute atomic E-state index is 0.0864. The number of nitrogens with zero attached hydrogens (tertiary/aromatic N) is 5. The van der Waals surface area contributed by atoms with E-state index in [1.807, 2.05) is 41.1 Å². The van der Waals surface area contributed by atoms with Gasteiger partial charge < -0.3 is 19.2 Å². The predicted molar refractivity (Wildman–Crippen MR) is 158 cm³/mol. The molecule has 4 aromatic rings. The lowest BCUT2D eigenvalue weighted by Gasteiger charge is -2.34. The van der Waals surface area contributed by atoms with Gasteiger partial charge in [0.15, 0.2) is 17.3 Å². The van der Waals surface area contributed by atoms with Gasteiger partial charge in [0, 0.05) is 24.7 Å². The second-order valence-electron chi connectivity index (χ2n) is 11.1. The minimum Gasteiger partial charge on any atom is -0.497 e. The molecule has 10 nitrogen and oxygen atoms in total. The van der Waals surface area contributed by atoms with E-state index >= 15 is 0 Å². The summed E-state index contributed by atoms with van der Waals surface area (Å²) in [6.07, 6.45) is 5.30. The molecule has 1 saturated carbocycles. The zero-order valence-corrected chi connectivity index (χ0v) is 24.6. The van der Waals surface area contributed by atoms with Crippen LogP contribution in [0.4, 0.5) is 0 Å². The van der Waals surface area contributed by atoms with Crippen LogP contribution < -0.4 is 19.8 Å². The molecule has 0 unspecified atom stereocenters. The molecule has 2 heterocycles. The molecule has 0 radical (unpaired) electrons. The van der Waals surface area contributed by atoms with E-state index in [0.717, 1.165) is 41.6 Å². The maximum Gasteiger partial charge on any atom is 0.252 e. The van der Waals surface area contributed by atoms with Crippen molar-refractivity contribution in [2.45, 2.75) is 64.6 Å². The van der Waals surface area contributed by atoms with Gasteiger partial charge in [-0.15, -0.1) is 5.10 Å². The summed E-state index contributed by atoms with van der Waals surface area (Å²) in [6.45, 7) is 5.53. The second kappa shape index (κ2) is 12.7. The summed E-state index contributed by atoms with van der Waals surface area (Å²) in [5, 5.41) is 14.1. The van der Waals surface area contributed by atoms with E-state index in [-0.39, 0.29) is 17.5 Å². The van der Waals surface area contributed by atoms with Crippen molar-refractivity contribution in [3.8, 4) is 17.2 Å². The van der Waals surface area contributed by atoms with Gasteiger partial charge in [-0.1, -0.05) is 32.8 Å². The molecular formula is C31H40N6O4. The highest BCUT2D eigenvalue weighted by Gasteiger charge is 2.32. The van der Waals surface area contributed by atoms with Gasteiger partial charge in [-0.25, -0.2) is 4.68 Å². The number of hydrogen-bond acceptors (Lipinski definition) is 8. The number of hydrogen-bond donors (Lipinski definition) is 1.